The minimum atomic E-state index is 0.477. The van der Waals surface area contributed by atoms with Crippen LogP contribution >= 0.6 is 23.8 Å². The summed E-state index contributed by atoms with van der Waals surface area (Å²) in [6.45, 7) is 8.24. The molecule has 2 saturated heterocycles. The van der Waals surface area contributed by atoms with Crippen LogP contribution in [-0.2, 0) is 6.54 Å². The Kier molecular flexibility index (Phi) is 7.68. The third-order valence-electron chi connectivity index (χ3n) is 6.40. The van der Waals surface area contributed by atoms with Crippen LogP contribution in [0, 0.1) is 5.92 Å². The van der Waals surface area contributed by atoms with Crippen LogP contribution in [0.5, 0.6) is 0 Å². The summed E-state index contributed by atoms with van der Waals surface area (Å²) in [6, 6.07) is 10.4. The Hall–Kier alpha value is -2.12. The van der Waals surface area contributed by atoms with Crippen molar-refractivity contribution < 1.29 is 0 Å². The van der Waals surface area contributed by atoms with Gasteiger partial charge in [0.15, 0.2) is 5.11 Å². The van der Waals surface area contributed by atoms with E-state index in [1.165, 1.54) is 32.1 Å². The van der Waals surface area contributed by atoms with Crippen LogP contribution in [0.25, 0.3) is 0 Å². The summed E-state index contributed by atoms with van der Waals surface area (Å²) >= 11 is 11.8. The number of nitrogens with one attached hydrogen (secondary N) is 2. The standard InChI is InChI=1S/C24H33ClN6S/c1-17-8-7-12-30(16-17)21-14-22(31-13-6-5-9-18(31)2)28-23(27-21)29-24(32)26-15-19-10-3-4-11-20(19)25/h3-4,10-11,14,17-18H,5-9,12-13,15-16H2,1-2H3,(H2,26,27,28,29,32)/t17-,18+/m1/s1. The summed E-state index contributed by atoms with van der Waals surface area (Å²) in [6.07, 6.45) is 6.14. The number of aromatic nitrogens is 2. The van der Waals surface area contributed by atoms with Crippen LogP contribution in [-0.4, -0.2) is 40.8 Å². The average molecular weight is 473 g/mol. The lowest BCUT2D eigenvalue weighted by Crippen LogP contribution is -2.39. The van der Waals surface area contributed by atoms with Gasteiger partial charge >= 0.3 is 0 Å². The number of hydrogen-bond acceptors (Lipinski definition) is 5. The van der Waals surface area contributed by atoms with E-state index >= 15 is 0 Å². The van der Waals surface area contributed by atoms with Crippen LogP contribution in [0.4, 0.5) is 17.6 Å². The molecule has 0 saturated carbocycles. The Morgan fingerprint density at radius 1 is 1.09 bits per heavy atom. The van der Waals surface area contributed by atoms with Gasteiger partial charge in [-0.2, -0.15) is 9.97 Å². The molecule has 4 rings (SSSR count). The number of hydrogen-bond donors (Lipinski definition) is 2. The van der Waals surface area contributed by atoms with Crippen molar-refractivity contribution in [3.63, 3.8) is 0 Å². The molecule has 6 nitrogen and oxygen atoms in total. The second-order valence-corrected chi connectivity index (χ2v) is 9.85. The zero-order valence-electron chi connectivity index (χ0n) is 19.0. The van der Waals surface area contributed by atoms with E-state index in [0.29, 0.717) is 29.6 Å². The van der Waals surface area contributed by atoms with E-state index in [0.717, 1.165) is 41.9 Å². The van der Waals surface area contributed by atoms with E-state index in [9.17, 15) is 0 Å². The second-order valence-electron chi connectivity index (χ2n) is 9.04. The zero-order valence-corrected chi connectivity index (χ0v) is 20.6. The van der Waals surface area contributed by atoms with E-state index in [-0.39, 0.29) is 0 Å². The quantitative estimate of drug-likeness (QED) is 0.577. The van der Waals surface area contributed by atoms with E-state index in [2.05, 4.69) is 40.3 Å². The average Bonchev–Trinajstić information content (AvgIpc) is 2.78. The lowest BCUT2D eigenvalue weighted by Gasteiger charge is -2.36. The molecule has 2 aromatic rings. The highest BCUT2D eigenvalue weighted by Gasteiger charge is 2.24. The molecule has 32 heavy (non-hydrogen) atoms. The molecule has 3 heterocycles. The van der Waals surface area contributed by atoms with Gasteiger partial charge in [-0.25, -0.2) is 0 Å². The fourth-order valence-electron chi connectivity index (χ4n) is 4.59. The molecule has 1 aromatic heterocycles. The SMILES string of the molecule is C[C@@H]1CCCN(c2cc(N3CCCC[C@@H]3C)nc(NC(=S)NCc3ccccc3Cl)n2)C1. The molecule has 172 valence electrons. The Bertz CT molecular complexity index is 938. The summed E-state index contributed by atoms with van der Waals surface area (Å²) in [7, 11) is 0. The van der Waals surface area contributed by atoms with Crippen molar-refractivity contribution >= 4 is 46.5 Å². The summed E-state index contributed by atoms with van der Waals surface area (Å²) in [4.78, 5) is 14.5. The number of anilines is 3. The van der Waals surface area contributed by atoms with Crippen molar-refractivity contribution in [2.45, 2.75) is 58.5 Å². The van der Waals surface area contributed by atoms with E-state index in [4.69, 9.17) is 33.8 Å². The molecule has 0 spiro atoms. The molecule has 0 aliphatic carbocycles. The van der Waals surface area contributed by atoms with Crippen molar-refractivity contribution in [2.24, 2.45) is 5.92 Å². The summed E-state index contributed by atoms with van der Waals surface area (Å²) in [5.41, 5.74) is 0.998. The molecule has 0 amide bonds. The summed E-state index contributed by atoms with van der Waals surface area (Å²) in [5, 5.41) is 7.67. The first kappa shape index (κ1) is 23.1. The van der Waals surface area contributed by atoms with Gasteiger partial charge in [0.2, 0.25) is 5.95 Å². The van der Waals surface area contributed by atoms with Crippen molar-refractivity contribution in [1.29, 1.82) is 0 Å². The number of rotatable bonds is 5. The fourth-order valence-corrected chi connectivity index (χ4v) is 4.95. The highest BCUT2D eigenvalue weighted by atomic mass is 35.5. The normalized spacial score (nSPS) is 21.3. The van der Waals surface area contributed by atoms with E-state index in [1.807, 2.05) is 24.3 Å². The van der Waals surface area contributed by atoms with Crippen LogP contribution < -0.4 is 20.4 Å². The smallest absolute Gasteiger partial charge is 0.232 e. The molecule has 2 fully saturated rings. The summed E-state index contributed by atoms with van der Waals surface area (Å²) in [5.74, 6) is 3.18. The van der Waals surface area contributed by atoms with Gasteiger partial charge < -0.3 is 20.4 Å². The summed E-state index contributed by atoms with van der Waals surface area (Å²) < 4.78 is 0. The molecular formula is C24H33ClN6S. The van der Waals surface area contributed by atoms with Gasteiger partial charge in [0, 0.05) is 43.3 Å². The number of piperidine rings is 2. The van der Waals surface area contributed by atoms with Crippen LogP contribution in [0.3, 0.4) is 0 Å². The Balaban J connectivity index is 1.53. The van der Waals surface area contributed by atoms with Gasteiger partial charge in [-0.1, -0.05) is 36.7 Å². The van der Waals surface area contributed by atoms with Crippen LogP contribution in [0.2, 0.25) is 5.02 Å². The van der Waals surface area contributed by atoms with Gasteiger partial charge in [-0.05, 0) is 68.8 Å². The van der Waals surface area contributed by atoms with Crippen molar-refractivity contribution in [2.75, 3.05) is 34.8 Å². The number of nitrogens with zero attached hydrogens (tertiary/aromatic N) is 4. The van der Waals surface area contributed by atoms with Gasteiger partial charge in [0.1, 0.15) is 11.6 Å². The molecule has 2 atom stereocenters. The Morgan fingerprint density at radius 3 is 2.69 bits per heavy atom. The molecule has 2 aliphatic rings. The Morgan fingerprint density at radius 2 is 1.91 bits per heavy atom. The zero-order chi connectivity index (χ0) is 22.5. The molecule has 8 heteroatoms. The highest BCUT2D eigenvalue weighted by Crippen LogP contribution is 2.29. The fraction of sp³-hybridized carbons (Fsp3) is 0.542. The largest absolute Gasteiger partial charge is 0.358 e. The second kappa shape index (κ2) is 10.7. The number of benzene rings is 1. The van der Waals surface area contributed by atoms with Gasteiger partial charge in [0.25, 0.3) is 0 Å². The molecule has 0 bridgehead atoms. The molecule has 0 radical (unpaired) electrons. The molecule has 1 aromatic carbocycles. The molecule has 2 aliphatic heterocycles. The lowest BCUT2D eigenvalue weighted by molar-refractivity contribution is 0.444. The number of halogens is 1. The van der Waals surface area contributed by atoms with Gasteiger partial charge in [0.05, 0.1) is 0 Å². The number of thiocarbonyl (C=S) groups is 1. The minimum Gasteiger partial charge on any atom is -0.358 e. The predicted octanol–water partition coefficient (Wildman–Crippen LogP) is 5.23. The molecule has 2 N–H and O–H groups in total. The first-order valence-electron chi connectivity index (χ1n) is 11.7. The third-order valence-corrected chi connectivity index (χ3v) is 7.02. The minimum absolute atomic E-state index is 0.477. The third kappa shape index (κ3) is 5.81. The van der Waals surface area contributed by atoms with Crippen molar-refractivity contribution in [3.8, 4) is 0 Å². The maximum atomic E-state index is 6.27. The van der Waals surface area contributed by atoms with Gasteiger partial charge in [-0.3, -0.25) is 0 Å². The van der Waals surface area contributed by atoms with Crippen molar-refractivity contribution in [3.05, 3.63) is 40.9 Å². The monoisotopic (exact) mass is 472 g/mol. The topological polar surface area (TPSA) is 56.3 Å². The van der Waals surface area contributed by atoms with E-state index in [1.54, 1.807) is 0 Å². The highest BCUT2D eigenvalue weighted by molar-refractivity contribution is 7.80. The first-order valence-corrected chi connectivity index (χ1v) is 12.5. The molecule has 0 unspecified atom stereocenters. The predicted molar refractivity (Wildman–Crippen MR) is 138 cm³/mol. The van der Waals surface area contributed by atoms with E-state index < -0.39 is 0 Å². The first-order chi connectivity index (χ1) is 15.5. The van der Waals surface area contributed by atoms with Crippen LogP contribution in [0.15, 0.2) is 30.3 Å². The maximum absolute atomic E-state index is 6.27. The van der Waals surface area contributed by atoms with Crippen LogP contribution in [0.1, 0.15) is 51.5 Å². The molecular weight excluding hydrogens is 440 g/mol. The Labute approximate surface area is 201 Å². The maximum Gasteiger partial charge on any atom is 0.232 e. The van der Waals surface area contributed by atoms with Crippen molar-refractivity contribution in [1.82, 2.24) is 15.3 Å². The van der Waals surface area contributed by atoms with Gasteiger partial charge in [-0.15, -0.1) is 0 Å². The lowest BCUT2D eigenvalue weighted by atomic mass is 10.0.